The lowest BCUT2D eigenvalue weighted by atomic mass is 10.2. The lowest BCUT2D eigenvalue weighted by Gasteiger charge is -2.10. The first-order chi connectivity index (χ1) is 10.4. The van der Waals surface area contributed by atoms with E-state index in [1.54, 1.807) is 18.2 Å². The second kappa shape index (κ2) is 6.78. The van der Waals surface area contributed by atoms with Crippen molar-refractivity contribution in [2.24, 2.45) is 0 Å². The number of carbonyl (C=O) groups is 2. The zero-order valence-electron chi connectivity index (χ0n) is 12.1. The van der Waals surface area contributed by atoms with Gasteiger partial charge in [-0.15, -0.1) is 0 Å². The van der Waals surface area contributed by atoms with Gasteiger partial charge in [0.25, 0.3) is 0 Å². The summed E-state index contributed by atoms with van der Waals surface area (Å²) in [5.74, 6) is -1.70. The quantitative estimate of drug-likeness (QED) is 0.404. The molecule has 2 aromatic carbocycles. The fraction of sp³-hybridized carbons (Fsp3) is 0.125. The van der Waals surface area contributed by atoms with E-state index in [0.29, 0.717) is 5.69 Å². The third-order valence-corrected chi connectivity index (χ3v) is 3.72. The molecule has 2 aromatic rings. The minimum Gasteiger partial charge on any atom is -0.506 e. The number of phenolic OH excluding ortho intramolecular Hbond substituents is 1. The molecule has 6 heteroatoms. The summed E-state index contributed by atoms with van der Waals surface area (Å²) in [4.78, 5) is 23.8. The van der Waals surface area contributed by atoms with Crippen molar-refractivity contribution in [1.29, 1.82) is 0 Å². The van der Waals surface area contributed by atoms with Gasteiger partial charge in [0, 0.05) is 9.26 Å². The summed E-state index contributed by atoms with van der Waals surface area (Å²) < 4.78 is 1.04. The summed E-state index contributed by atoms with van der Waals surface area (Å²) in [6, 6.07) is 10.3. The molecule has 0 atom stereocenters. The van der Waals surface area contributed by atoms with Crippen LogP contribution in [0.4, 0.5) is 11.4 Å². The number of phenols is 1. The number of aryl methyl sites for hydroxylation is 2. The first-order valence-electron chi connectivity index (χ1n) is 6.55. The molecule has 0 unspecified atom stereocenters. The van der Waals surface area contributed by atoms with Crippen LogP contribution >= 0.6 is 22.6 Å². The van der Waals surface area contributed by atoms with Crippen molar-refractivity contribution in [2.75, 3.05) is 10.6 Å². The van der Waals surface area contributed by atoms with Crippen molar-refractivity contribution < 1.29 is 14.7 Å². The number of halogens is 1. The van der Waals surface area contributed by atoms with Crippen LogP contribution in [0, 0.1) is 17.4 Å². The zero-order valence-corrected chi connectivity index (χ0v) is 14.3. The molecule has 0 bridgehead atoms. The van der Waals surface area contributed by atoms with Gasteiger partial charge in [0.2, 0.25) is 0 Å². The van der Waals surface area contributed by atoms with Gasteiger partial charge in [-0.3, -0.25) is 9.59 Å². The molecule has 0 aliphatic heterocycles. The van der Waals surface area contributed by atoms with Crippen LogP contribution in [0.5, 0.6) is 5.75 Å². The lowest BCUT2D eigenvalue weighted by molar-refractivity contribution is -0.133. The molecule has 2 rings (SSSR count). The van der Waals surface area contributed by atoms with Crippen LogP contribution in [0.1, 0.15) is 11.1 Å². The standard InChI is InChI=1S/C16H15IN2O3/c1-9-3-5-13(14(20)7-9)19-16(22)15(21)18-12-6-4-11(17)8-10(12)2/h3-8,20H,1-2H3,(H,18,21)(H,19,22). The highest BCUT2D eigenvalue weighted by molar-refractivity contribution is 14.1. The van der Waals surface area contributed by atoms with Crippen LogP contribution in [0.2, 0.25) is 0 Å². The van der Waals surface area contributed by atoms with Gasteiger partial charge in [-0.1, -0.05) is 6.07 Å². The Hall–Kier alpha value is -2.09. The van der Waals surface area contributed by atoms with E-state index >= 15 is 0 Å². The number of rotatable bonds is 2. The molecule has 0 aromatic heterocycles. The van der Waals surface area contributed by atoms with E-state index in [2.05, 4.69) is 33.2 Å². The van der Waals surface area contributed by atoms with Crippen molar-refractivity contribution in [2.45, 2.75) is 13.8 Å². The highest BCUT2D eigenvalue weighted by Crippen LogP contribution is 2.24. The maximum atomic E-state index is 11.9. The van der Waals surface area contributed by atoms with Gasteiger partial charge in [-0.2, -0.15) is 0 Å². The molecule has 0 heterocycles. The Labute approximate surface area is 141 Å². The smallest absolute Gasteiger partial charge is 0.314 e. The fourth-order valence-corrected chi connectivity index (χ4v) is 2.52. The molecule has 114 valence electrons. The van der Waals surface area contributed by atoms with Gasteiger partial charge in [0.05, 0.1) is 5.69 Å². The normalized spacial score (nSPS) is 10.1. The lowest BCUT2D eigenvalue weighted by Crippen LogP contribution is -2.29. The molecule has 3 N–H and O–H groups in total. The van der Waals surface area contributed by atoms with Crippen LogP contribution in [-0.2, 0) is 9.59 Å². The van der Waals surface area contributed by atoms with Crippen molar-refractivity contribution in [1.82, 2.24) is 0 Å². The van der Waals surface area contributed by atoms with Crippen molar-refractivity contribution in [3.63, 3.8) is 0 Å². The molecule has 5 nitrogen and oxygen atoms in total. The van der Waals surface area contributed by atoms with Crippen molar-refractivity contribution >= 4 is 45.8 Å². The molecule has 0 radical (unpaired) electrons. The van der Waals surface area contributed by atoms with Gasteiger partial charge in [0.15, 0.2) is 0 Å². The topological polar surface area (TPSA) is 78.4 Å². The molecule has 0 saturated carbocycles. The SMILES string of the molecule is Cc1ccc(NC(=O)C(=O)Nc2ccc(I)cc2C)c(O)c1. The van der Waals surface area contributed by atoms with Crippen LogP contribution in [0.25, 0.3) is 0 Å². The van der Waals surface area contributed by atoms with E-state index in [-0.39, 0.29) is 11.4 Å². The largest absolute Gasteiger partial charge is 0.506 e. The summed E-state index contributed by atoms with van der Waals surface area (Å²) in [6.07, 6.45) is 0. The predicted octanol–water partition coefficient (Wildman–Crippen LogP) is 3.19. The van der Waals surface area contributed by atoms with Crippen molar-refractivity contribution in [3.8, 4) is 5.75 Å². The Morgan fingerprint density at radius 3 is 2.14 bits per heavy atom. The molecule has 0 aliphatic carbocycles. The molecule has 0 fully saturated rings. The summed E-state index contributed by atoms with van der Waals surface area (Å²) in [7, 11) is 0. The van der Waals surface area contributed by atoms with Gasteiger partial charge < -0.3 is 15.7 Å². The fourth-order valence-electron chi connectivity index (χ4n) is 1.87. The van der Waals surface area contributed by atoms with Crippen molar-refractivity contribution in [3.05, 3.63) is 51.1 Å². The Morgan fingerprint density at radius 2 is 1.55 bits per heavy atom. The highest BCUT2D eigenvalue weighted by atomic mass is 127. The van der Waals surface area contributed by atoms with Crippen LogP contribution in [0.3, 0.4) is 0 Å². The number of amides is 2. The van der Waals surface area contributed by atoms with Gasteiger partial charge >= 0.3 is 11.8 Å². The van der Waals surface area contributed by atoms with Gasteiger partial charge in [-0.05, 0) is 77.9 Å². The molecular formula is C16H15IN2O3. The second-order valence-corrected chi connectivity index (χ2v) is 6.13. The van der Waals surface area contributed by atoms with E-state index < -0.39 is 11.8 Å². The number of anilines is 2. The third kappa shape index (κ3) is 3.97. The number of nitrogens with one attached hydrogen (secondary N) is 2. The first kappa shape index (κ1) is 16.3. The number of benzene rings is 2. The number of hydrogen-bond acceptors (Lipinski definition) is 3. The van der Waals surface area contributed by atoms with E-state index in [1.807, 2.05) is 26.0 Å². The Bertz CT molecular complexity index is 681. The summed E-state index contributed by atoms with van der Waals surface area (Å²) in [6.45, 7) is 3.67. The van der Waals surface area contributed by atoms with E-state index in [4.69, 9.17) is 0 Å². The van der Waals surface area contributed by atoms with Crippen LogP contribution in [-0.4, -0.2) is 16.9 Å². The second-order valence-electron chi connectivity index (χ2n) is 4.89. The molecule has 2 amide bonds. The molecular weight excluding hydrogens is 395 g/mol. The van der Waals surface area contributed by atoms with Crippen LogP contribution < -0.4 is 10.6 Å². The summed E-state index contributed by atoms with van der Waals surface area (Å²) in [5, 5.41) is 14.7. The molecule has 0 spiro atoms. The Kier molecular flexibility index (Phi) is 5.02. The minimum absolute atomic E-state index is 0.0772. The van der Waals surface area contributed by atoms with E-state index in [1.165, 1.54) is 6.07 Å². The average molecular weight is 410 g/mol. The van der Waals surface area contributed by atoms with E-state index in [0.717, 1.165) is 14.7 Å². The highest BCUT2D eigenvalue weighted by Gasteiger charge is 2.16. The number of hydrogen-bond donors (Lipinski definition) is 3. The molecule has 22 heavy (non-hydrogen) atoms. The van der Waals surface area contributed by atoms with Gasteiger partial charge in [0.1, 0.15) is 5.75 Å². The zero-order chi connectivity index (χ0) is 16.3. The Balaban J connectivity index is 2.07. The Morgan fingerprint density at radius 1 is 0.955 bits per heavy atom. The predicted molar refractivity (Wildman–Crippen MR) is 94.0 cm³/mol. The third-order valence-electron chi connectivity index (χ3n) is 3.04. The number of carbonyl (C=O) groups excluding carboxylic acids is 2. The minimum atomic E-state index is -0.836. The van der Waals surface area contributed by atoms with Gasteiger partial charge in [-0.25, -0.2) is 0 Å². The summed E-state index contributed by atoms with van der Waals surface area (Å²) >= 11 is 2.17. The van der Waals surface area contributed by atoms with E-state index in [9.17, 15) is 14.7 Å². The molecule has 0 saturated heterocycles. The maximum Gasteiger partial charge on any atom is 0.314 e. The molecule has 0 aliphatic rings. The average Bonchev–Trinajstić information content (AvgIpc) is 2.44. The number of aromatic hydroxyl groups is 1. The van der Waals surface area contributed by atoms with Crippen LogP contribution in [0.15, 0.2) is 36.4 Å². The monoisotopic (exact) mass is 410 g/mol. The first-order valence-corrected chi connectivity index (χ1v) is 7.63. The summed E-state index contributed by atoms with van der Waals surface area (Å²) in [5.41, 5.74) is 2.50. The maximum absolute atomic E-state index is 11.9.